The lowest BCUT2D eigenvalue weighted by molar-refractivity contribution is 0.0775. The highest BCUT2D eigenvalue weighted by atomic mass is 16.2. The van der Waals surface area contributed by atoms with E-state index in [2.05, 4.69) is 40.5 Å². The van der Waals surface area contributed by atoms with Crippen molar-refractivity contribution in [2.45, 2.75) is 13.0 Å². The quantitative estimate of drug-likeness (QED) is 0.310. The average Bonchev–Trinajstić information content (AvgIpc) is 3.57. The number of nitrogens with one attached hydrogen (secondary N) is 3. The van der Waals surface area contributed by atoms with Gasteiger partial charge in [-0.05, 0) is 48.4 Å². The second-order valence-electron chi connectivity index (χ2n) is 9.38. The molecule has 3 N–H and O–H groups in total. The summed E-state index contributed by atoms with van der Waals surface area (Å²) in [6.45, 7) is 2.87. The lowest BCUT2D eigenvalue weighted by Crippen LogP contribution is -2.41. The lowest BCUT2D eigenvalue weighted by Gasteiger charge is -2.17. The molecule has 4 aromatic heterocycles. The van der Waals surface area contributed by atoms with E-state index in [9.17, 15) is 9.59 Å². The van der Waals surface area contributed by atoms with Gasteiger partial charge in [0.1, 0.15) is 22.9 Å². The van der Waals surface area contributed by atoms with Gasteiger partial charge in [-0.3, -0.25) is 9.59 Å². The van der Waals surface area contributed by atoms with Crippen molar-refractivity contribution in [3.63, 3.8) is 0 Å². The first-order chi connectivity index (χ1) is 19.0. The Balaban J connectivity index is 1.12. The van der Waals surface area contributed by atoms with E-state index in [1.54, 1.807) is 41.4 Å². The fourth-order valence-electron chi connectivity index (χ4n) is 4.58. The Bertz CT molecular complexity index is 1620. The zero-order valence-corrected chi connectivity index (χ0v) is 21.1. The largest absolute Gasteiger partial charge is 0.346 e. The maximum absolute atomic E-state index is 13.4. The molecule has 0 saturated carbocycles. The van der Waals surface area contributed by atoms with Crippen LogP contribution in [0, 0.1) is 5.92 Å². The summed E-state index contributed by atoms with van der Waals surface area (Å²) in [4.78, 5) is 53.2. The summed E-state index contributed by atoms with van der Waals surface area (Å²) in [5.41, 5.74) is 2.88. The topological polar surface area (TPSA) is 142 Å². The molecule has 11 nitrogen and oxygen atoms in total. The molecule has 0 bridgehead atoms. The van der Waals surface area contributed by atoms with E-state index in [4.69, 9.17) is 0 Å². The van der Waals surface area contributed by atoms with Gasteiger partial charge >= 0.3 is 0 Å². The maximum atomic E-state index is 13.4. The van der Waals surface area contributed by atoms with Crippen LogP contribution >= 0.6 is 0 Å². The Morgan fingerprint density at radius 2 is 1.74 bits per heavy atom. The number of fused-ring (bicyclic) bond motifs is 1. The minimum atomic E-state index is -0.336. The lowest BCUT2D eigenvalue weighted by atomic mass is 10.1. The number of imidazole rings is 1. The number of anilines is 2. The molecular weight excluding hydrogens is 494 g/mol. The van der Waals surface area contributed by atoms with Crippen LogP contribution in [-0.2, 0) is 0 Å². The number of pyridine rings is 2. The van der Waals surface area contributed by atoms with Gasteiger partial charge in [0, 0.05) is 25.5 Å². The average molecular weight is 520 g/mol. The molecule has 39 heavy (non-hydrogen) atoms. The molecule has 194 valence electrons. The van der Waals surface area contributed by atoms with Crippen LogP contribution in [-0.4, -0.2) is 65.7 Å². The van der Waals surface area contributed by atoms with Gasteiger partial charge in [-0.2, -0.15) is 0 Å². The van der Waals surface area contributed by atoms with Gasteiger partial charge in [-0.25, -0.2) is 24.9 Å². The molecule has 6 rings (SSSR count). The van der Waals surface area contributed by atoms with Crippen LogP contribution in [0.5, 0.6) is 0 Å². The number of aromatic amines is 1. The first kappa shape index (κ1) is 24.2. The van der Waals surface area contributed by atoms with Gasteiger partial charge in [-0.15, -0.1) is 0 Å². The molecule has 1 aliphatic rings. The van der Waals surface area contributed by atoms with Crippen molar-refractivity contribution in [1.82, 2.24) is 40.1 Å². The van der Waals surface area contributed by atoms with Gasteiger partial charge in [0.05, 0.1) is 17.1 Å². The number of aromatic nitrogens is 6. The Hall–Kier alpha value is -5.19. The highest BCUT2D eigenvalue weighted by molar-refractivity contribution is 5.94. The standard InChI is InChI=1S/C28H25N9O2/c1-17-15-37(27(39)22-10-6-9-20(31-22)25-32-18-7-2-3-8-19(18)33-25)16-23(17)34-26(38)21-12-14-30-28(35-21)36-24-11-4-5-13-29-24/h2-14,17,23H,15-16H2,1H3,(H,32,33)(H,34,38)(H,29,30,35,36). The second kappa shape index (κ2) is 10.3. The van der Waals surface area contributed by atoms with Gasteiger partial charge in [0.25, 0.3) is 11.8 Å². The van der Waals surface area contributed by atoms with E-state index in [0.29, 0.717) is 36.1 Å². The number of rotatable bonds is 6. The minimum Gasteiger partial charge on any atom is -0.346 e. The summed E-state index contributed by atoms with van der Waals surface area (Å²) < 4.78 is 0. The van der Waals surface area contributed by atoms with Crippen molar-refractivity contribution in [2.24, 2.45) is 5.92 Å². The van der Waals surface area contributed by atoms with E-state index in [0.717, 1.165) is 11.0 Å². The number of hydrogen-bond donors (Lipinski definition) is 3. The first-order valence-electron chi connectivity index (χ1n) is 12.6. The monoisotopic (exact) mass is 519 g/mol. The summed E-state index contributed by atoms with van der Waals surface area (Å²) in [6, 6.07) is 19.8. The van der Waals surface area contributed by atoms with E-state index in [1.165, 1.54) is 6.20 Å². The Kier molecular flexibility index (Phi) is 6.37. The zero-order chi connectivity index (χ0) is 26.8. The van der Waals surface area contributed by atoms with Crippen LogP contribution in [0.4, 0.5) is 11.8 Å². The van der Waals surface area contributed by atoms with Crippen LogP contribution in [0.1, 0.15) is 27.9 Å². The number of carbonyl (C=O) groups is 2. The number of hydrogen-bond acceptors (Lipinski definition) is 8. The highest BCUT2D eigenvalue weighted by Gasteiger charge is 2.34. The third-order valence-electron chi connectivity index (χ3n) is 6.61. The number of benzene rings is 1. The zero-order valence-electron chi connectivity index (χ0n) is 21.1. The van der Waals surface area contributed by atoms with Crippen molar-refractivity contribution < 1.29 is 9.59 Å². The summed E-state index contributed by atoms with van der Waals surface area (Å²) in [6.07, 6.45) is 3.17. The van der Waals surface area contributed by atoms with Crippen LogP contribution in [0.2, 0.25) is 0 Å². The second-order valence-corrected chi connectivity index (χ2v) is 9.38. The smallest absolute Gasteiger partial charge is 0.272 e. The van der Waals surface area contributed by atoms with Crippen molar-refractivity contribution in [3.8, 4) is 11.5 Å². The Labute approximate surface area is 223 Å². The van der Waals surface area contributed by atoms with Crippen LogP contribution < -0.4 is 10.6 Å². The minimum absolute atomic E-state index is 0.0457. The van der Waals surface area contributed by atoms with Crippen molar-refractivity contribution >= 4 is 34.6 Å². The summed E-state index contributed by atoms with van der Waals surface area (Å²) in [5.74, 6) is 0.967. The van der Waals surface area contributed by atoms with Gasteiger partial charge in [-0.1, -0.05) is 31.2 Å². The summed E-state index contributed by atoms with van der Waals surface area (Å²) >= 11 is 0. The molecule has 2 atom stereocenters. The fraction of sp³-hybridized carbons (Fsp3) is 0.179. The Morgan fingerprint density at radius 3 is 2.59 bits per heavy atom. The van der Waals surface area contributed by atoms with Crippen LogP contribution in [0.25, 0.3) is 22.6 Å². The van der Waals surface area contributed by atoms with E-state index in [-0.39, 0.29) is 35.4 Å². The summed E-state index contributed by atoms with van der Waals surface area (Å²) in [7, 11) is 0. The first-order valence-corrected chi connectivity index (χ1v) is 12.6. The van der Waals surface area contributed by atoms with Crippen molar-refractivity contribution in [3.05, 3.63) is 90.5 Å². The molecule has 5 aromatic rings. The van der Waals surface area contributed by atoms with E-state index in [1.807, 2.05) is 43.3 Å². The fourth-order valence-corrected chi connectivity index (χ4v) is 4.58. The molecule has 1 aromatic carbocycles. The van der Waals surface area contributed by atoms with Crippen molar-refractivity contribution in [1.29, 1.82) is 0 Å². The molecule has 0 radical (unpaired) electrons. The number of carbonyl (C=O) groups excluding carboxylic acids is 2. The van der Waals surface area contributed by atoms with Crippen molar-refractivity contribution in [2.75, 3.05) is 18.4 Å². The third kappa shape index (κ3) is 5.14. The maximum Gasteiger partial charge on any atom is 0.272 e. The van der Waals surface area contributed by atoms with E-state index >= 15 is 0 Å². The molecule has 2 unspecified atom stereocenters. The SMILES string of the molecule is CC1CN(C(=O)c2cccc(-c3nc4ccccc4[nH]3)n2)CC1NC(=O)c1ccnc(Nc2ccccn2)n1. The van der Waals surface area contributed by atoms with Gasteiger partial charge in [0.2, 0.25) is 5.95 Å². The molecular formula is C28H25N9O2. The number of H-pyrrole nitrogens is 1. The molecule has 0 aliphatic carbocycles. The van der Waals surface area contributed by atoms with Gasteiger partial charge < -0.3 is 20.5 Å². The van der Waals surface area contributed by atoms with Gasteiger partial charge in [0.15, 0.2) is 5.82 Å². The van der Waals surface area contributed by atoms with Crippen LogP contribution in [0.3, 0.4) is 0 Å². The number of amides is 2. The summed E-state index contributed by atoms with van der Waals surface area (Å²) in [5, 5.41) is 6.01. The molecule has 5 heterocycles. The Morgan fingerprint density at radius 1 is 0.872 bits per heavy atom. The van der Waals surface area contributed by atoms with Crippen LogP contribution in [0.15, 0.2) is 79.1 Å². The molecule has 1 aliphatic heterocycles. The molecule has 11 heteroatoms. The molecule has 1 fully saturated rings. The number of para-hydroxylation sites is 2. The predicted octanol–water partition coefficient (Wildman–Crippen LogP) is 3.44. The molecule has 0 spiro atoms. The highest BCUT2D eigenvalue weighted by Crippen LogP contribution is 2.22. The van der Waals surface area contributed by atoms with E-state index < -0.39 is 0 Å². The number of nitrogens with zero attached hydrogens (tertiary/aromatic N) is 6. The molecule has 2 amide bonds. The number of likely N-dealkylation sites (tertiary alicyclic amines) is 1. The predicted molar refractivity (Wildman–Crippen MR) is 145 cm³/mol. The normalized spacial score (nSPS) is 16.8. The molecule has 1 saturated heterocycles. The third-order valence-corrected chi connectivity index (χ3v) is 6.61.